The predicted octanol–water partition coefficient (Wildman–Crippen LogP) is 2.52. The van der Waals surface area contributed by atoms with Gasteiger partial charge in [0, 0.05) is 17.1 Å². The third-order valence-electron chi connectivity index (χ3n) is 2.25. The maximum atomic E-state index is 12.8. The van der Waals surface area contributed by atoms with Gasteiger partial charge in [0.2, 0.25) is 10.0 Å². The average Bonchev–Trinajstić information content (AvgIpc) is 2.26. The first-order valence-electron chi connectivity index (χ1n) is 5.17. The summed E-state index contributed by atoms with van der Waals surface area (Å²) in [4.78, 5) is -0.816. The van der Waals surface area contributed by atoms with Crippen molar-refractivity contribution >= 4 is 38.4 Å². The SMILES string of the molecule is C[C@@H](CN)NS(=O)(=O)c1ccc(Br)cc1C(F)(F)F.Cl. The number of hydrogen-bond donors (Lipinski definition) is 2. The molecular formula is C10H13BrClF3N2O2S. The van der Waals surface area contributed by atoms with Crippen LogP contribution in [0.1, 0.15) is 12.5 Å². The van der Waals surface area contributed by atoms with Crippen LogP contribution >= 0.6 is 28.3 Å². The highest BCUT2D eigenvalue weighted by Gasteiger charge is 2.37. The molecule has 0 saturated heterocycles. The normalized spacial score (nSPS) is 13.7. The summed E-state index contributed by atoms with van der Waals surface area (Å²) in [5.74, 6) is 0. The highest BCUT2D eigenvalue weighted by Crippen LogP contribution is 2.35. The molecule has 0 saturated carbocycles. The van der Waals surface area contributed by atoms with Crippen molar-refractivity contribution in [3.63, 3.8) is 0 Å². The van der Waals surface area contributed by atoms with Crippen molar-refractivity contribution in [1.82, 2.24) is 4.72 Å². The Morgan fingerprint density at radius 1 is 1.40 bits per heavy atom. The van der Waals surface area contributed by atoms with Crippen molar-refractivity contribution in [2.24, 2.45) is 5.73 Å². The lowest BCUT2D eigenvalue weighted by molar-refractivity contribution is -0.139. The van der Waals surface area contributed by atoms with E-state index in [2.05, 4.69) is 20.7 Å². The molecule has 0 aliphatic heterocycles. The van der Waals surface area contributed by atoms with E-state index in [9.17, 15) is 21.6 Å². The van der Waals surface area contributed by atoms with Gasteiger partial charge in [-0.15, -0.1) is 12.4 Å². The van der Waals surface area contributed by atoms with Crippen molar-refractivity contribution in [2.45, 2.75) is 24.0 Å². The zero-order chi connectivity index (χ0) is 14.8. The highest BCUT2D eigenvalue weighted by atomic mass is 79.9. The third kappa shape index (κ3) is 4.88. The second-order valence-electron chi connectivity index (χ2n) is 3.90. The van der Waals surface area contributed by atoms with E-state index in [4.69, 9.17) is 5.73 Å². The summed E-state index contributed by atoms with van der Waals surface area (Å²) in [5, 5.41) is 0. The van der Waals surface area contributed by atoms with Crippen LogP contribution in [0.25, 0.3) is 0 Å². The van der Waals surface area contributed by atoms with E-state index in [-0.39, 0.29) is 23.4 Å². The molecule has 0 fully saturated rings. The minimum absolute atomic E-state index is 0. The van der Waals surface area contributed by atoms with Gasteiger partial charge in [-0.2, -0.15) is 13.2 Å². The lowest BCUT2D eigenvalue weighted by atomic mass is 10.2. The maximum Gasteiger partial charge on any atom is 0.417 e. The van der Waals surface area contributed by atoms with E-state index >= 15 is 0 Å². The minimum Gasteiger partial charge on any atom is -0.329 e. The Bertz CT molecular complexity index is 566. The second kappa shape index (κ2) is 7.08. The summed E-state index contributed by atoms with van der Waals surface area (Å²) >= 11 is 2.88. The van der Waals surface area contributed by atoms with Crippen molar-refractivity contribution in [2.75, 3.05) is 6.54 Å². The van der Waals surface area contributed by atoms with Gasteiger partial charge in [-0.05, 0) is 25.1 Å². The second-order valence-corrected chi connectivity index (χ2v) is 6.49. The predicted molar refractivity (Wildman–Crippen MR) is 75.2 cm³/mol. The molecule has 0 spiro atoms. The maximum absolute atomic E-state index is 12.8. The van der Waals surface area contributed by atoms with Gasteiger partial charge in [-0.3, -0.25) is 0 Å². The molecule has 0 bridgehead atoms. The quantitative estimate of drug-likeness (QED) is 0.820. The van der Waals surface area contributed by atoms with Gasteiger partial charge in [0.1, 0.15) is 0 Å². The van der Waals surface area contributed by atoms with Crippen LogP contribution in [0.4, 0.5) is 13.2 Å². The number of halogens is 5. The topological polar surface area (TPSA) is 72.2 Å². The molecule has 1 aromatic rings. The summed E-state index contributed by atoms with van der Waals surface area (Å²) < 4.78 is 64.5. The Hall–Kier alpha value is -0.350. The van der Waals surface area contributed by atoms with E-state index in [0.29, 0.717) is 0 Å². The van der Waals surface area contributed by atoms with Crippen LogP contribution < -0.4 is 10.5 Å². The summed E-state index contributed by atoms with van der Waals surface area (Å²) in [7, 11) is -4.27. The zero-order valence-corrected chi connectivity index (χ0v) is 13.5. The molecule has 0 aromatic heterocycles. The molecule has 0 aliphatic carbocycles. The first-order valence-corrected chi connectivity index (χ1v) is 7.44. The fourth-order valence-corrected chi connectivity index (χ4v) is 3.16. The Morgan fingerprint density at radius 3 is 2.40 bits per heavy atom. The smallest absolute Gasteiger partial charge is 0.329 e. The molecule has 4 nitrogen and oxygen atoms in total. The van der Waals surface area contributed by atoms with Crippen LogP contribution in [0.3, 0.4) is 0 Å². The monoisotopic (exact) mass is 396 g/mol. The molecule has 10 heteroatoms. The molecule has 1 rings (SSSR count). The fraction of sp³-hybridized carbons (Fsp3) is 0.400. The van der Waals surface area contributed by atoms with Crippen LogP contribution in [0, 0.1) is 0 Å². The van der Waals surface area contributed by atoms with Crippen LogP contribution in [-0.4, -0.2) is 21.0 Å². The molecule has 1 atom stereocenters. The number of sulfonamides is 1. The standard InChI is InChI=1S/C10H12BrF3N2O2S.ClH/c1-6(5-15)16-19(17,18)9-3-2-7(11)4-8(9)10(12,13)14;/h2-4,6,16H,5,15H2,1H3;1H/t6-;/m0./s1. The van der Waals surface area contributed by atoms with Crippen LogP contribution in [0.5, 0.6) is 0 Å². The highest BCUT2D eigenvalue weighted by molar-refractivity contribution is 9.10. The Labute approximate surface area is 129 Å². The first-order chi connectivity index (χ1) is 8.58. The Balaban J connectivity index is 0.00000361. The number of benzene rings is 1. The van der Waals surface area contributed by atoms with Gasteiger partial charge in [-0.25, -0.2) is 13.1 Å². The van der Waals surface area contributed by atoms with Crippen molar-refractivity contribution in [1.29, 1.82) is 0 Å². The summed E-state index contributed by atoms with van der Waals surface area (Å²) in [6, 6.07) is 2.20. The fourth-order valence-electron chi connectivity index (χ4n) is 1.33. The van der Waals surface area contributed by atoms with Gasteiger partial charge in [0.05, 0.1) is 10.5 Å². The molecule has 1 aromatic carbocycles. The number of rotatable bonds is 4. The van der Waals surface area contributed by atoms with Gasteiger partial charge < -0.3 is 5.73 Å². The molecule has 0 heterocycles. The molecule has 0 radical (unpaired) electrons. The molecule has 20 heavy (non-hydrogen) atoms. The van der Waals surface area contributed by atoms with E-state index in [1.165, 1.54) is 13.0 Å². The van der Waals surface area contributed by atoms with Crippen LogP contribution in [0.2, 0.25) is 0 Å². The number of nitrogens with two attached hydrogens (primary N) is 1. The number of nitrogens with one attached hydrogen (secondary N) is 1. The van der Waals surface area contributed by atoms with Crippen LogP contribution in [-0.2, 0) is 16.2 Å². The van der Waals surface area contributed by atoms with E-state index in [0.717, 1.165) is 12.1 Å². The third-order valence-corrected chi connectivity index (χ3v) is 4.39. The average molecular weight is 398 g/mol. The van der Waals surface area contributed by atoms with E-state index in [1.54, 1.807) is 0 Å². The molecule has 0 amide bonds. The minimum atomic E-state index is -4.76. The van der Waals surface area contributed by atoms with Crippen molar-refractivity contribution in [3.8, 4) is 0 Å². The number of alkyl halides is 3. The largest absolute Gasteiger partial charge is 0.417 e. The number of hydrogen-bond acceptors (Lipinski definition) is 3. The van der Waals surface area contributed by atoms with E-state index < -0.39 is 32.7 Å². The van der Waals surface area contributed by atoms with Gasteiger partial charge in [-0.1, -0.05) is 15.9 Å². The van der Waals surface area contributed by atoms with Crippen molar-refractivity contribution in [3.05, 3.63) is 28.2 Å². The van der Waals surface area contributed by atoms with Gasteiger partial charge in [0.15, 0.2) is 0 Å². The Morgan fingerprint density at radius 2 is 1.95 bits per heavy atom. The van der Waals surface area contributed by atoms with E-state index in [1.807, 2.05) is 0 Å². The molecule has 0 aliphatic rings. The van der Waals surface area contributed by atoms with Crippen LogP contribution in [0.15, 0.2) is 27.6 Å². The summed E-state index contributed by atoms with van der Waals surface area (Å²) in [6.07, 6.45) is -4.76. The Kier molecular flexibility index (Phi) is 6.95. The summed E-state index contributed by atoms with van der Waals surface area (Å²) in [6.45, 7) is 1.45. The molecular weight excluding hydrogens is 385 g/mol. The van der Waals surface area contributed by atoms with Gasteiger partial charge in [0.25, 0.3) is 0 Å². The van der Waals surface area contributed by atoms with Crippen molar-refractivity contribution < 1.29 is 21.6 Å². The first kappa shape index (κ1) is 19.7. The molecule has 116 valence electrons. The lowest BCUT2D eigenvalue weighted by Gasteiger charge is -2.16. The molecule has 0 unspecified atom stereocenters. The van der Waals surface area contributed by atoms with Gasteiger partial charge >= 0.3 is 6.18 Å². The molecule has 3 N–H and O–H groups in total. The lowest BCUT2D eigenvalue weighted by Crippen LogP contribution is -2.38. The summed E-state index contributed by atoms with van der Waals surface area (Å²) in [5.41, 5.74) is 4.03. The zero-order valence-electron chi connectivity index (χ0n) is 10.2.